The Morgan fingerprint density at radius 1 is 1.11 bits per heavy atom. The maximum atomic E-state index is 10.7. The summed E-state index contributed by atoms with van der Waals surface area (Å²) in [6.07, 6.45) is 0. The molecule has 2 rings (SSSR count). The van der Waals surface area contributed by atoms with Crippen molar-refractivity contribution < 1.29 is 5.11 Å². The van der Waals surface area contributed by atoms with Crippen LogP contribution in [0.4, 0.5) is 0 Å². The van der Waals surface area contributed by atoms with Crippen LogP contribution in [0.3, 0.4) is 0 Å². The first-order valence-electron chi connectivity index (χ1n) is 5.35. The van der Waals surface area contributed by atoms with Crippen LogP contribution in [0.15, 0.2) is 46.9 Å². The van der Waals surface area contributed by atoms with Crippen LogP contribution >= 0.6 is 39.1 Å². The monoisotopic (exact) mass is 344 g/mol. The van der Waals surface area contributed by atoms with Crippen molar-refractivity contribution in [3.05, 3.63) is 68.1 Å². The molecule has 0 saturated carbocycles. The van der Waals surface area contributed by atoms with Crippen molar-refractivity contribution in [3.63, 3.8) is 0 Å². The Kier molecular flexibility index (Phi) is 4.02. The van der Waals surface area contributed by atoms with Gasteiger partial charge in [-0.2, -0.15) is 0 Å². The molecular weight excluding hydrogens is 335 g/mol. The number of benzene rings is 2. The van der Waals surface area contributed by atoms with Gasteiger partial charge in [-0.05, 0) is 42.8 Å². The number of halogens is 3. The summed E-state index contributed by atoms with van der Waals surface area (Å²) in [5.74, 6) is 0. The fraction of sp³-hybridized carbons (Fsp3) is 0.143. The van der Waals surface area contributed by atoms with Gasteiger partial charge >= 0.3 is 0 Å². The van der Waals surface area contributed by atoms with Gasteiger partial charge in [0.15, 0.2) is 0 Å². The topological polar surface area (TPSA) is 20.2 Å². The molecule has 2 aromatic rings. The Bertz CT molecular complexity index is 582. The summed E-state index contributed by atoms with van der Waals surface area (Å²) >= 11 is 15.5. The lowest BCUT2D eigenvalue weighted by Crippen LogP contribution is -2.23. The summed E-state index contributed by atoms with van der Waals surface area (Å²) < 4.78 is 0.901. The molecule has 0 aliphatic carbocycles. The Balaban J connectivity index is 2.57. The summed E-state index contributed by atoms with van der Waals surface area (Å²) in [5, 5.41) is 11.8. The van der Waals surface area contributed by atoms with E-state index < -0.39 is 5.60 Å². The van der Waals surface area contributed by atoms with E-state index >= 15 is 0 Å². The Labute approximate surface area is 124 Å². The second kappa shape index (κ2) is 5.22. The van der Waals surface area contributed by atoms with E-state index in [0.29, 0.717) is 15.6 Å². The zero-order chi connectivity index (χ0) is 13.3. The van der Waals surface area contributed by atoms with E-state index in [1.54, 1.807) is 25.1 Å². The third kappa shape index (κ3) is 2.72. The average Bonchev–Trinajstić information content (AvgIpc) is 2.32. The second-order valence-electron chi connectivity index (χ2n) is 4.21. The van der Waals surface area contributed by atoms with Gasteiger partial charge in [-0.3, -0.25) is 0 Å². The highest BCUT2D eigenvalue weighted by Crippen LogP contribution is 2.36. The van der Waals surface area contributed by atoms with Crippen molar-refractivity contribution in [2.24, 2.45) is 0 Å². The van der Waals surface area contributed by atoms with Crippen molar-refractivity contribution in [2.45, 2.75) is 12.5 Å². The van der Waals surface area contributed by atoms with Gasteiger partial charge in [0, 0.05) is 20.1 Å². The largest absolute Gasteiger partial charge is 0.381 e. The van der Waals surface area contributed by atoms with Gasteiger partial charge in [0.2, 0.25) is 0 Å². The van der Waals surface area contributed by atoms with Crippen molar-refractivity contribution in [1.29, 1.82) is 0 Å². The van der Waals surface area contributed by atoms with E-state index in [1.165, 1.54) is 0 Å². The zero-order valence-corrected chi connectivity index (χ0v) is 12.7. The first-order chi connectivity index (χ1) is 8.41. The lowest BCUT2D eigenvalue weighted by atomic mass is 9.88. The maximum Gasteiger partial charge on any atom is 0.113 e. The smallest absolute Gasteiger partial charge is 0.113 e. The van der Waals surface area contributed by atoms with Crippen molar-refractivity contribution in [3.8, 4) is 0 Å². The molecule has 1 unspecified atom stereocenters. The molecule has 0 bridgehead atoms. The number of rotatable bonds is 2. The van der Waals surface area contributed by atoms with Crippen LogP contribution in [0.2, 0.25) is 10.0 Å². The van der Waals surface area contributed by atoms with Crippen molar-refractivity contribution >= 4 is 39.1 Å². The Hall–Kier alpha value is -0.540. The van der Waals surface area contributed by atoms with Gasteiger partial charge in [-0.15, -0.1) is 0 Å². The minimum atomic E-state index is -1.19. The molecule has 0 amide bonds. The third-order valence-electron chi connectivity index (χ3n) is 2.84. The molecule has 0 heterocycles. The van der Waals surface area contributed by atoms with Crippen LogP contribution in [-0.2, 0) is 5.60 Å². The van der Waals surface area contributed by atoms with E-state index in [9.17, 15) is 5.11 Å². The first-order valence-corrected chi connectivity index (χ1v) is 6.90. The molecule has 0 aromatic heterocycles. The number of aliphatic hydroxyl groups is 1. The molecule has 1 atom stereocenters. The molecule has 0 fully saturated rings. The van der Waals surface area contributed by atoms with E-state index in [4.69, 9.17) is 23.2 Å². The fourth-order valence-corrected chi connectivity index (χ4v) is 2.69. The standard InChI is InChI=1S/C14H11BrCl2O/c1-14(18,9-3-2-4-10(15)7-9)12-8-11(16)5-6-13(12)17/h2-8,18H,1H3. The normalized spacial score (nSPS) is 14.3. The quantitative estimate of drug-likeness (QED) is 0.810. The van der Waals surface area contributed by atoms with E-state index in [-0.39, 0.29) is 0 Å². The molecule has 1 N–H and O–H groups in total. The second-order valence-corrected chi connectivity index (χ2v) is 5.97. The highest BCUT2D eigenvalue weighted by molar-refractivity contribution is 9.10. The molecule has 0 radical (unpaired) electrons. The van der Waals surface area contributed by atoms with Crippen LogP contribution < -0.4 is 0 Å². The summed E-state index contributed by atoms with van der Waals surface area (Å²) in [7, 11) is 0. The van der Waals surface area contributed by atoms with Crippen LogP contribution in [-0.4, -0.2) is 5.11 Å². The van der Waals surface area contributed by atoms with Gasteiger partial charge in [-0.25, -0.2) is 0 Å². The molecule has 0 aliphatic rings. The van der Waals surface area contributed by atoms with Gasteiger partial charge in [0.25, 0.3) is 0 Å². The highest BCUT2D eigenvalue weighted by Gasteiger charge is 2.28. The molecule has 2 aromatic carbocycles. The van der Waals surface area contributed by atoms with Crippen LogP contribution in [0.1, 0.15) is 18.1 Å². The fourth-order valence-electron chi connectivity index (χ4n) is 1.82. The van der Waals surface area contributed by atoms with Gasteiger partial charge in [0.1, 0.15) is 5.60 Å². The predicted octanol–water partition coefficient (Wildman–Crippen LogP) is 5.01. The molecule has 0 spiro atoms. The highest BCUT2D eigenvalue weighted by atomic mass is 79.9. The molecule has 94 valence electrons. The van der Waals surface area contributed by atoms with Gasteiger partial charge in [0.05, 0.1) is 0 Å². The van der Waals surface area contributed by atoms with Crippen LogP contribution in [0.5, 0.6) is 0 Å². The maximum absolute atomic E-state index is 10.7. The number of hydrogen-bond donors (Lipinski definition) is 1. The van der Waals surface area contributed by atoms with E-state index in [1.807, 2.05) is 24.3 Å². The first kappa shape index (κ1) is 13.9. The van der Waals surface area contributed by atoms with Gasteiger partial charge in [-0.1, -0.05) is 51.3 Å². The minimum absolute atomic E-state index is 0.490. The van der Waals surface area contributed by atoms with Crippen molar-refractivity contribution in [2.75, 3.05) is 0 Å². The Morgan fingerprint density at radius 2 is 1.83 bits per heavy atom. The molecule has 18 heavy (non-hydrogen) atoms. The molecular formula is C14H11BrCl2O. The van der Waals surface area contributed by atoms with E-state index in [0.717, 1.165) is 10.0 Å². The minimum Gasteiger partial charge on any atom is -0.381 e. The molecule has 1 nitrogen and oxygen atoms in total. The SMILES string of the molecule is CC(O)(c1cccc(Br)c1)c1cc(Cl)ccc1Cl. The van der Waals surface area contributed by atoms with E-state index in [2.05, 4.69) is 15.9 Å². The van der Waals surface area contributed by atoms with Crippen LogP contribution in [0, 0.1) is 0 Å². The lowest BCUT2D eigenvalue weighted by Gasteiger charge is -2.26. The zero-order valence-electron chi connectivity index (χ0n) is 9.62. The average molecular weight is 346 g/mol. The van der Waals surface area contributed by atoms with Gasteiger partial charge < -0.3 is 5.11 Å². The molecule has 0 saturated heterocycles. The number of hydrogen-bond acceptors (Lipinski definition) is 1. The summed E-state index contributed by atoms with van der Waals surface area (Å²) in [5.41, 5.74) is 0.155. The third-order valence-corrected chi connectivity index (χ3v) is 3.90. The molecule has 0 aliphatic heterocycles. The summed E-state index contributed by atoms with van der Waals surface area (Å²) in [4.78, 5) is 0. The summed E-state index contributed by atoms with van der Waals surface area (Å²) in [6.45, 7) is 1.70. The Morgan fingerprint density at radius 3 is 2.50 bits per heavy atom. The van der Waals surface area contributed by atoms with Crippen LogP contribution in [0.25, 0.3) is 0 Å². The van der Waals surface area contributed by atoms with Crippen molar-refractivity contribution in [1.82, 2.24) is 0 Å². The predicted molar refractivity (Wildman–Crippen MR) is 79.3 cm³/mol. The summed E-state index contributed by atoms with van der Waals surface area (Å²) in [6, 6.07) is 12.5. The molecule has 4 heteroatoms. The lowest BCUT2D eigenvalue weighted by molar-refractivity contribution is 0.102.